The lowest BCUT2D eigenvalue weighted by molar-refractivity contribution is -0.127. The highest BCUT2D eigenvalue weighted by atomic mass is 19.1. The number of hydrogen-bond donors (Lipinski definition) is 2. The van der Waals surface area contributed by atoms with Crippen molar-refractivity contribution in [3.05, 3.63) is 65.2 Å². The summed E-state index contributed by atoms with van der Waals surface area (Å²) in [6, 6.07) is 11.5. The Kier molecular flexibility index (Phi) is 4.74. The summed E-state index contributed by atoms with van der Waals surface area (Å²) >= 11 is 0. The van der Waals surface area contributed by atoms with Gasteiger partial charge in [0.15, 0.2) is 0 Å². The van der Waals surface area contributed by atoms with Crippen LogP contribution in [0.5, 0.6) is 5.75 Å². The minimum atomic E-state index is -0.994. The van der Waals surface area contributed by atoms with Gasteiger partial charge in [-0.05, 0) is 50.5 Å². The molecule has 0 aliphatic heterocycles. The molecule has 2 aromatic carbocycles. The molecule has 1 aromatic heterocycles. The Hall–Kier alpha value is -3.35. The Balaban J connectivity index is 1.60. The first-order chi connectivity index (χ1) is 13.9. The second kappa shape index (κ2) is 7.24. The summed E-state index contributed by atoms with van der Waals surface area (Å²) in [7, 11) is 0. The molecule has 0 saturated heterocycles. The van der Waals surface area contributed by atoms with Crippen LogP contribution in [0, 0.1) is 12.7 Å². The van der Waals surface area contributed by atoms with Crippen LogP contribution in [0.25, 0.3) is 11.0 Å². The maximum absolute atomic E-state index is 13.8. The largest absolute Gasteiger partial charge is 0.489 e. The molecule has 29 heavy (non-hydrogen) atoms. The molecule has 0 atom stereocenters. The minimum absolute atomic E-state index is 0.0569. The standard InChI is InChI=1S/C22H21FN2O4/c1-13-19(20(26)25-22(21(24)27)9-4-10-22)16-11-15(7-8-18(16)29-13)28-12-14-5-2-3-6-17(14)23/h2-3,5-8,11H,4,9-10,12H2,1H3,(H2,24,27)(H,25,26). The average Bonchev–Trinajstić information content (AvgIpc) is 2.98. The number of amides is 2. The van der Waals surface area contributed by atoms with Crippen molar-refractivity contribution < 1.29 is 23.1 Å². The predicted octanol–water partition coefficient (Wildman–Crippen LogP) is 3.60. The molecule has 1 fully saturated rings. The van der Waals surface area contributed by atoms with Crippen molar-refractivity contribution in [2.24, 2.45) is 5.73 Å². The smallest absolute Gasteiger partial charge is 0.256 e. The number of benzene rings is 2. The fourth-order valence-corrected chi connectivity index (χ4v) is 3.59. The molecule has 6 nitrogen and oxygen atoms in total. The van der Waals surface area contributed by atoms with E-state index in [-0.39, 0.29) is 12.4 Å². The fourth-order valence-electron chi connectivity index (χ4n) is 3.59. The number of ether oxygens (including phenoxy) is 1. The van der Waals surface area contributed by atoms with E-state index >= 15 is 0 Å². The zero-order valence-corrected chi connectivity index (χ0v) is 16.0. The first-order valence-corrected chi connectivity index (χ1v) is 9.41. The van der Waals surface area contributed by atoms with E-state index < -0.39 is 17.4 Å². The molecule has 1 heterocycles. The lowest BCUT2D eigenvalue weighted by atomic mass is 9.76. The van der Waals surface area contributed by atoms with Crippen LogP contribution in [0.2, 0.25) is 0 Å². The van der Waals surface area contributed by atoms with Gasteiger partial charge in [-0.1, -0.05) is 18.2 Å². The zero-order valence-electron chi connectivity index (χ0n) is 16.0. The summed E-state index contributed by atoms with van der Waals surface area (Å²) in [5, 5.41) is 3.35. The van der Waals surface area contributed by atoms with Crippen molar-refractivity contribution in [3.8, 4) is 5.75 Å². The number of halogens is 1. The summed E-state index contributed by atoms with van der Waals surface area (Å²) < 4.78 is 25.2. The van der Waals surface area contributed by atoms with Crippen LogP contribution in [0.3, 0.4) is 0 Å². The van der Waals surface area contributed by atoms with Gasteiger partial charge in [0.05, 0.1) is 5.56 Å². The Labute approximate surface area is 166 Å². The van der Waals surface area contributed by atoms with Gasteiger partial charge in [-0.3, -0.25) is 9.59 Å². The highest BCUT2D eigenvalue weighted by Crippen LogP contribution is 2.34. The average molecular weight is 396 g/mol. The van der Waals surface area contributed by atoms with Gasteiger partial charge in [0.25, 0.3) is 5.91 Å². The van der Waals surface area contributed by atoms with E-state index in [1.165, 1.54) is 6.07 Å². The Morgan fingerprint density at radius 2 is 2.00 bits per heavy atom. The third kappa shape index (κ3) is 3.44. The van der Waals surface area contributed by atoms with Gasteiger partial charge in [-0.15, -0.1) is 0 Å². The number of carbonyl (C=O) groups is 2. The molecule has 0 spiro atoms. The van der Waals surface area contributed by atoms with Crippen molar-refractivity contribution in [1.29, 1.82) is 0 Å². The van der Waals surface area contributed by atoms with Gasteiger partial charge in [0, 0.05) is 10.9 Å². The number of nitrogens with two attached hydrogens (primary N) is 1. The van der Waals surface area contributed by atoms with E-state index in [9.17, 15) is 14.0 Å². The summed E-state index contributed by atoms with van der Waals surface area (Å²) in [5.74, 6) is -0.376. The van der Waals surface area contributed by atoms with Crippen molar-refractivity contribution in [3.63, 3.8) is 0 Å². The molecule has 1 aliphatic rings. The molecule has 0 unspecified atom stereocenters. The van der Waals surface area contributed by atoms with Crippen LogP contribution in [0.4, 0.5) is 4.39 Å². The van der Waals surface area contributed by atoms with Crippen LogP contribution >= 0.6 is 0 Å². The highest BCUT2D eigenvalue weighted by Gasteiger charge is 2.44. The summed E-state index contributed by atoms with van der Waals surface area (Å²) in [6.07, 6.45) is 1.89. The molecule has 3 N–H and O–H groups in total. The summed E-state index contributed by atoms with van der Waals surface area (Å²) in [5.41, 5.74) is 5.79. The molecule has 7 heteroatoms. The van der Waals surface area contributed by atoms with Gasteiger partial charge >= 0.3 is 0 Å². The molecule has 150 valence electrons. The monoisotopic (exact) mass is 396 g/mol. The molecular weight excluding hydrogens is 375 g/mol. The summed E-state index contributed by atoms with van der Waals surface area (Å²) in [4.78, 5) is 24.7. The zero-order chi connectivity index (χ0) is 20.6. The number of aryl methyl sites for hydroxylation is 1. The normalized spacial score (nSPS) is 15.0. The molecule has 3 aromatic rings. The van der Waals surface area contributed by atoms with E-state index in [1.54, 1.807) is 43.3 Å². The maximum atomic E-state index is 13.8. The number of rotatable bonds is 6. The molecule has 0 radical (unpaired) electrons. The molecule has 2 amide bonds. The van der Waals surface area contributed by atoms with Gasteiger partial charge < -0.3 is 20.2 Å². The molecular formula is C22H21FN2O4. The quantitative estimate of drug-likeness (QED) is 0.666. The number of primary amides is 1. The minimum Gasteiger partial charge on any atom is -0.489 e. The first kappa shape index (κ1) is 19.0. The number of carbonyl (C=O) groups excluding carboxylic acids is 2. The predicted molar refractivity (Wildman–Crippen MR) is 105 cm³/mol. The number of furan rings is 1. The third-order valence-electron chi connectivity index (χ3n) is 5.45. The number of hydrogen-bond acceptors (Lipinski definition) is 4. The Morgan fingerprint density at radius 1 is 1.24 bits per heavy atom. The van der Waals surface area contributed by atoms with E-state index in [0.29, 0.717) is 46.4 Å². The van der Waals surface area contributed by atoms with Gasteiger partial charge in [-0.2, -0.15) is 0 Å². The topological polar surface area (TPSA) is 94.6 Å². The second-order valence-electron chi connectivity index (χ2n) is 7.33. The highest BCUT2D eigenvalue weighted by molar-refractivity contribution is 6.09. The number of fused-ring (bicyclic) bond motifs is 1. The molecule has 4 rings (SSSR count). The second-order valence-corrected chi connectivity index (χ2v) is 7.33. The number of nitrogens with one attached hydrogen (secondary N) is 1. The SMILES string of the molecule is Cc1oc2ccc(OCc3ccccc3F)cc2c1C(=O)NC1(C(N)=O)CCC1. The van der Waals surface area contributed by atoms with Crippen molar-refractivity contribution in [2.75, 3.05) is 0 Å². The molecule has 1 saturated carbocycles. The van der Waals surface area contributed by atoms with E-state index in [1.807, 2.05) is 0 Å². The van der Waals surface area contributed by atoms with E-state index in [4.69, 9.17) is 14.9 Å². The first-order valence-electron chi connectivity index (χ1n) is 9.41. The fraction of sp³-hybridized carbons (Fsp3) is 0.273. The van der Waals surface area contributed by atoms with Crippen LogP contribution in [0.15, 0.2) is 46.9 Å². The van der Waals surface area contributed by atoms with Crippen LogP contribution in [-0.2, 0) is 11.4 Å². The van der Waals surface area contributed by atoms with Crippen molar-refractivity contribution in [1.82, 2.24) is 5.32 Å². The van der Waals surface area contributed by atoms with Crippen LogP contribution < -0.4 is 15.8 Å². The van der Waals surface area contributed by atoms with Crippen molar-refractivity contribution >= 4 is 22.8 Å². The van der Waals surface area contributed by atoms with Crippen LogP contribution in [0.1, 0.15) is 40.9 Å². The third-order valence-corrected chi connectivity index (χ3v) is 5.45. The van der Waals surface area contributed by atoms with E-state index in [2.05, 4.69) is 5.32 Å². The summed E-state index contributed by atoms with van der Waals surface area (Å²) in [6.45, 7) is 1.74. The van der Waals surface area contributed by atoms with Gasteiger partial charge in [0.2, 0.25) is 5.91 Å². The maximum Gasteiger partial charge on any atom is 0.256 e. The van der Waals surface area contributed by atoms with E-state index in [0.717, 1.165) is 6.42 Å². The van der Waals surface area contributed by atoms with Gasteiger partial charge in [0.1, 0.15) is 35.1 Å². The lowest BCUT2D eigenvalue weighted by Gasteiger charge is -2.39. The van der Waals surface area contributed by atoms with Crippen LogP contribution in [-0.4, -0.2) is 17.4 Å². The Morgan fingerprint density at radius 3 is 2.66 bits per heavy atom. The molecule has 1 aliphatic carbocycles. The lowest BCUT2D eigenvalue weighted by Crippen LogP contribution is -2.61. The van der Waals surface area contributed by atoms with Gasteiger partial charge in [-0.25, -0.2) is 4.39 Å². The van der Waals surface area contributed by atoms with Crippen molar-refractivity contribution in [2.45, 2.75) is 38.3 Å². The molecule has 0 bridgehead atoms. The Bertz CT molecular complexity index is 1100.